The second kappa shape index (κ2) is 7.90. The highest BCUT2D eigenvalue weighted by Crippen LogP contribution is 2.19. The van der Waals surface area contributed by atoms with Crippen LogP contribution in [0.25, 0.3) is 0 Å². The van der Waals surface area contributed by atoms with Gasteiger partial charge in [0.25, 0.3) is 5.91 Å². The van der Waals surface area contributed by atoms with Gasteiger partial charge < -0.3 is 10.1 Å². The fraction of sp³-hybridized carbons (Fsp3) is 0.318. The molecule has 3 heteroatoms. The number of carbonyl (C=O) groups excluding carboxylic acids is 1. The second-order valence-electron chi connectivity index (χ2n) is 7.23. The lowest BCUT2D eigenvalue weighted by Crippen LogP contribution is -2.12. The first-order valence-electron chi connectivity index (χ1n) is 8.44. The molecule has 0 aliphatic heterocycles. The van der Waals surface area contributed by atoms with E-state index in [2.05, 4.69) is 37.9 Å². The van der Waals surface area contributed by atoms with Gasteiger partial charge in [-0.1, -0.05) is 17.9 Å². The number of nitrogens with one attached hydrogen (secondary N) is 1. The lowest BCUT2D eigenvalue weighted by molar-refractivity contribution is 0.102. The normalized spacial score (nSPS) is 10.8. The number of amides is 1. The third-order valence-electron chi connectivity index (χ3n) is 3.19. The molecule has 0 atom stereocenters. The Kier molecular flexibility index (Phi) is 5.88. The van der Waals surface area contributed by atoms with Crippen molar-refractivity contribution < 1.29 is 9.53 Å². The summed E-state index contributed by atoms with van der Waals surface area (Å²) in [6.45, 7) is 10.1. The molecule has 1 N–H and O–H groups in total. The summed E-state index contributed by atoms with van der Waals surface area (Å²) in [4.78, 5) is 12.4. The molecule has 0 bridgehead atoms. The van der Waals surface area contributed by atoms with Crippen molar-refractivity contribution in [2.45, 2.75) is 40.7 Å². The van der Waals surface area contributed by atoms with Crippen LogP contribution < -0.4 is 10.1 Å². The van der Waals surface area contributed by atoms with Gasteiger partial charge in [0, 0.05) is 28.3 Å². The molecular weight excluding hydrogens is 310 g/mol. The van der Waals surface area contributed by atoms with Crippen LogP contribution >= 0.6 is 0 Å². The lowest BCUT2D eigenvalue weighted by Gasteiger charge is -2.11. The van der Waals surface area contributed by atoms with Crippen LogP contribution in [0.5, 0.6) is 5.75 Å². The van der Waals surface area contributed by atoms with Crippen LogP contribution in [0.15, 0.2) is 48.5 Å². The van der Waals surface area contributed by atoms with Crippen molar-refractivity contribution in [1.82, 2.24) is 0 Å². The molecule has 130 valence electrons. The molecule has 2 aromatic carbocycles. The SMILES string of the molecule is CC(C)Oc1cccc(NC(=O)c2ccc(C#CC(C)(C)C)cc2)c1. The van der Waals surface area contributed by atoms with E-state index >= 15 is 0 Å². The van der Waals surface area contributed by atoms with E-state index < -0.39 is 0 Å². The van der Waals surface area contributed by atoms with Crippen molar-refractivity contribution in [3.8, 4) is 17.6 Å². The number of anilines is 1. The molecule has 0 heterocycles. The van der Waals surface area contributed by atoms with Gasteiger partial charge in [-0.3, -0.25) is 4.79 Å². The van der Waals surface area contributed by atoms with Crippen molar-refractivity contribution in [2.24, 2.45) is 5.41 Å². The largest absolute Gasteiger partial charge is 0.491 e. The summed E-state index contributed by atoms with van der Waals surface area (Å²) in [5, 5.41) is 2.89. The maximum atomic E-state index is 12.4. The van der Waals surface area contributed by atoms with Crippen molar-refractivity contribution >= 4 is 11.6 Å². The monoisotopic (exact) mass is 335 g/mol. The van der Waals surface area contributed by atoms with E-state index in [4.69, 9.17) is 4.74 Å². The number of rotatable bonds is 4. The standard InChI is InChI=1S/C22H25NO2/c1-16(2)25-20-8-6-7-19(15-20)23-21(24)18-11-9-17(10-12-18)13-14-22(3,4)5/h6-12,15-16H,1-5H3,(H,23,24). The van der Waals surface area contributed by atoms with Crippen LogP contribution in [0.2, 0.25) is 0 Å². The quantitative estimate of drug-likeness (QED) is 0.787. The fourth-order valence-corrected chi connectivity index (χ4v) is 2.09. The first-order valence-corrected chi connectivity index (χ1v) is 8.44. The summed E-state index contributed by atoms with van der Waals surface area (Å²) in [6, 6.07) is 14.7. The van der Waals surface area contributed by atoms with Gasteiger partial charge in [-0.2, -0.15) is 0 Å². The van der Waals surface area contributed by atoms with Gasteiger partial charge >= 0.3 is 0 Å². The summed E-state index contributed by atoms with van der Waals surface area (Å²) in [5.74, 6) is 6.89. The minimum absolute atomic E-state index is 0.0425. The lowest BCUT2D eigenvalue weighted by atomic mass is 9.97. The highest BCUT2D eigenvalue weighted by atomic mass is 16.5. The Balaban J connectivity index is 2.07. The van der Waals surface area contributed by atoms with Crippen LogP contribution in [-0.4, -0.2) is 12.0 Å². The van der Waals surface area contributed by atoms with Gasteiger partial charge in [0.15, 0.2) is 0 Å². The van der Waals surface area contributed by atoms with E-state index in [0.29, 0.717) is 11.3 Å². The van der Waals surface area contributed by atoms with E-state index in [1.807, 2.05) is 50.2 Å². The summed E-state index contributed by atoms with van der Waals surface area (Å²) in [7, 11) is 0. The molecule has 2 aromatic rings. The predicted octanol–water partition coefficient (Wildman–Crippen LogP) is 5.12. The molecular formula is C22H25NO2. The number of hydrogen-bond acceptors (Lipinski definition) is 2. The Bertz CT molecular complexity index is 787. The molecule has 0 spiro atoms. The van der Waals surface area contributed by atoms with Crippen LogP contribution in [0.4, 0.5) is 5.69 Å². The molecule has 0 radical (unpaired) electrons. The molecule has 0 unspecified atom stereocenters. The minimum Gasteiger partial charge on any atom is -0.491 e. The van der Waals surface area contributed by atoms with Gasteiger partial charge in [-0.25, -0.2) is 0 Å². The highest BCUT2D eigenvalue weighted by molar-refractivity contribution is 6.04. The predicted molar refractivity (Wildman–Crippen MR) is 103 cm³/mol. The molecule has 1 amide bonds. The van der Waals surface area contributed by atoms with Crippen molar-refractivity contribution in [3.05, 3.63) is 59.7 Å². The van der Waals surface area contributed by atoms with Crippen LogP contribution in [0, 0.1) is 17.3 Å². The Labute approximate surface area is 150 Å². The first-order chi connectivity index (χ1) is 11.7. The molecule has 2 rings (SSSR count). The average Bonchev–Trinajstić information content (AvgIpc) is 2.52. The average molecular weight is 335 g/mol. The van der Waals surface area contributed by atoms with Crippen molar-refractivity contribution in [2.75, 3.05) is 5.32 Å². The zero-order valence-corrected chi connectivity index (χ0v) is 15.5. The number of carbonyl (C=O) groups is 1. The van der Waals surface area contributed by atoms with Crippen LogP contribution in [0.1, 0.15) is 50.5 Å². The van der Waals surface area contributed by atoms with Gasteiger partial charge in [-0.05, 0) is 71.0 Å². The molecule has 3 nitrogen and oxygen atoms in total. The molecule has 25 heavy (non-hydrogen) atoms. The number of hydrogen-bond donors (Lipinski definition) is 1. The molecule has 0 saturated heterocycles. The third kappa shape index (κ3) is 6.35. The van der Waals surface area contributed by atoms with Gasteiger partial charge in [0.2, 0.25) is 0 Å². The Morgan fingerprint density at radius 1 is 1.08 bits per heavy atom. The molecule has 0 aliphatic rings. The minimum atomic E-state index is -0.156. The fourth-order valence-electron chi connectivity index (χ4n) is 2.09. The van der Waals surface area contributed by atoms with E-state index in [9.17, 15) is 4.79 Å². The summed E-state index contributed by atoms with van der Waals surface area (Å²) >= 11 is 0. The Morgan fingerprint density at radius 3 is 2.36 bits per heavy atom. The Hall–Kier alpha value is -2.73. The zero-order chi connectivity index (χ0) is 18.4. The zero-order valence-electron chi connectivity index (χ0n) is 15.5. The summed E-state index contributed by atoms with van der Waals surface area (Å²) in [6.07, 6.45) is 0.0905. The molecule has 0 saturated carbocycles. The first kappa shape index (κ1) is 18.6. The van der Waals surface area contributed by atoms with Crippen molar-refractivity contribution in [1.29, 1.82) is 0 Å². The number of ether oxygens (including phenoxy) is 1. The van der Waals surface area contributed by atoms with E-state index in [1.54, 1.807) is 12.1 Å². The van der Waals surface area contributed by atoms with Crippen molar-refractivity contribution in [3.63, 3.8) is 0 Å². The number of benzene rings is 2. The highest BCUT2D eigenvalue weighted by Gasteiger charge is 2.07. The van der Waals surface area contributed by atoms with E-state index in [1.165, 1.54) is 0 Å². The summed E-state index contributed by atoms with van der Waals surface area (Å²) in [5.41, 5.74) is 2.16. The Morgan fingerprint density at radius 2 is 1.76 bits per heavy atom. The van der Waals surface area contributed by atoms with E-state index in [-0.39, 0.29) is 17.4 Å². The topological polar surface area (TPSA) is 38.3 Å². The molecule has 0 aliphatic carbocycles. The molecule has 0 aromatic heterocycles. The smallest absolute Gasteiger partial charge is 0.255 e. The molecule has 0 fully saturated rings. The van der Waals surface area contributed by atoms with Crippen LogP contribution in [0.3, 0.4) is 0 Å². The maximum Gasteiger partial charge on any atom is 0.255 e. The van der Waals surface area contributed by atoms with Gasteiger partial charge in [-0.15, -0.1) is 0 Å². The van der Waals surface area contributed by atoms with E-state index in [0.717, 1.165) is 11.3 Å². The van der Waals surface area contributed by atoms with Gasteiger partial charge in [0.05, 0.1) is 6.10 Å². The maximum absolute atomic E-state index is 12.4. The summed E-state index contributed by atoms with van der Waals surface area (Å²) < 4.78 is 5.65. The third-order valence-corrected chi connectivity index (χ3v) is 3.19. The van der Waals surface area contributed by atoms with Gasteiger partial charge in [0.1, 0.15) is 5.75 Å². The second-order valence-corrected chi connectivity index (χ2v) is 7.23. The van der Waals surface area contributed by atoms with Crippen LogP contribution in [-0.2, 0) is 0 Å².